The van der Waals surface area contributed by atoms with Gasteiger partial charge in [-0.3, -0.25) is 4.79 Å². The summed E-state index contributed by atoms with van der Waals surface area (Å²) >= 11 is 0. The SMILES string of the molecule is CC(=O)Nc1ccc(S(=O)(=O)N2CCC(c3nnc(C)o3)CC2)cc1. The zero-order valence-corrected chi connectivity index (χ0v) is 14.9. The third-order valence-electron chi connectivity index (χ3n) is 4.16. The van der Waals surface area contributed by atoms with E-state index in [9.17, 15) is 13.2 Å². The smallest absolute Gasteiger partial charge is 0.243 e. The van der Waals surface area contributed by atoms with Crippen LogP contribution >= 0.6 is 0 Å². The van der Waals surface area contributed by atoms with Crippen molar-refractivity contribution < 1.29 is 17.6 Å². The number of aryl methyl sites for hydroxylation is 1. The van der Waals surface area contributed by atoms with Crippen LogP contribution in [0.2, 0.25) is 0 Å². The molecule has 1 saturated heterocycles. The molecule has 0 spiro atoms. The zero-order chi connectivity index (χ0) is 18.0. The number of rotatable bonds is 4. The van der Waals surface area contributed by atoms with Crippen molar-refractivity contribution in [3.05, 3.63) is 36.0 Å². The summed E-state index contributed by atoms with van der Waals surface area (Å²) in [6, 6.07) is 6.19. The zero-order valence-electron chi connectivity index (χ0n) is 14.1. The van der Waals surface area contributed by atoms with Gasteiger partial charge in [0.1, 0.15) is 0 Å². The molecule has 0 atom stereocenters. The number of aromatic nitrogens is 2. The van der Waals surface area contributed by atoms with E-state index in [2.05, 4.69) is 15.5 Å². The lowest BCUT2D eigenvalue weighted by molar-refractivity contribution is -0.114. The molecule has 1 aromatic carbocycles. The van der Waals surface area contributed by atoms with E-state index in [4.69, 9.17) is 4.42 Å². The van der Waals surface area contributed by atoms with Crippen molar-refractivity contribution in [2.24, 2.45) is 0 Å². The first kappa shape index (κ1) is 17.6. The van der Waals surface area contributed by atoms with Gasteiger partial charge in [-0.2, -0.15) is 4.31 Å². The summed E-state index contributed by atoms with van der Waals surface area (Å²) in [5, 5.41) is 10.5. The topological polar surface area (TPSA) is 105 Å². The molecule has 2 heterocycles. The fourth-order valence-corrected chi connectivity index (χ4v) is 4.35. The first-order chi connectivity index (χ1) is 11.9. The van der Waals surface area contributed by atoms with Gasteiger partial charge in [-0.25, -0.2) is 8.42 Å². The van der Waals surface area contributed by atoms with Crippen LogP contribution in [0.1, 0.15) is 37.5 Å². The lowest BCUT2D eigenvalue weighted by Gasteiger charge is -2.29. The van der Waals surface area contributed by atoms with Gasteiger partial charge in [0.15, 0.2) is 0 Å². The highest BCUT2D eigenvalue weighted by Crippen LogP contribution is 2.30. The van der Waals surface area contributed by atoms with Gasteiger partial charge < -0.3 is 9.73 Å². The Kier molecular flexibility index (Phi) is 4.87. The fraction of sp³-hybridized carbons (Fsp3) is 0.438. The van der Waals surface area contributed by atoms with Crippen LogP contribution in [0.3, 0.4) is 0 Å². The molecule has 1 aromatic heterocycles. The minimum atomic E-state index is -3.55. The highest BCUT2D eigenvalue weighted by molar-refractivity contribution is 7.89. The minimum absolute atomic E-state index is 0.0924. The van der Waals surface area contributed by atoms with E-state index in [1.165, 1.54) is 23.4 Å². The predicted molar refractivity (Wildman–Crippen MR) is 90.5 cm³/mol. The van der Waals surface area contributed by atoms with Crippen molar-refractivity contribution >= 4 is 21.6 Å². The van der Waals surface area contributed by atoms with Crippen molar-refractivity contribution in [1.82, 2.24) is 14.5 Å². The molecular weight excluding hydrogens is 344 g/mol. The van der Waals surface area contributed by atoms with Crippen LogP contribution in [-0.4, -0.2) is 41.9 Å². The molecule has 1 N–H and O–H groups in total. The molecule has 1 aliphatic heterocycles. The Morgan fingerprint density at radius 3 is 2.36 bits per heavy atom. The average molecular weight is 364 g/mol. The molecule has 1 amide bonds. The number of carbonyl (C=O) groups is 1. The number of nitrogens with zero attached hydrogens (tertiary/aromatic N) is 3. The number of hydrogen-bond donors (Lipinski definition) is 1. The highest BCUT2D eigenvalue weighted by atomic mass is 32.2. The van der Waals surface area contributed by atoms with Crippen LogP contribution in [0.4, 0.5) is 5.69 Å². The second-order valence-corrected chi connectivity index (χ2v) is 7.98. The molecule has 2 aromatic rings. The summed E-state index contributed by atoms with van der Waals surface area (Å²) in [6.45, 7) is 3.95. The van der Waals surface area contributed by atoms with Gasteiger partial charge in [-0.15, -0.1) is 10.2 Å². The molecule has 0 radical (unpaired) electrons. The summed E-state index contributed by atoms with van der Waals surface area (Å²) in [6.07, 6.45) is 1.29. The molecule has 25 heavy (non-hydrogen) atoms. The largest absolute Gasteiger partial charge is 0.425 e. The first-order valence-corrected chi connectivity index (χ1v) is 9.48. The Labute approximate surface area is 146 Å². The molecular formula is C16H20N4O4S. The van der Waals surface area contributed by atoms with Gasteiger partial charge in [0.2, 0.25) is 27.7 Å². The Morgan fingerprint density at radius 1 is 1.20 bits per heavy atom. The van der Waals surface area contributed by atoms with Crippen LogP contribution in [0.25, 0.3) is 0 Å². The summed E-state index contributed by atoms with van der Waals surface area (Å²) in [7, 11) is -3.55. The number of nitrogens with one attached hydrogen (secondary N) is 1. The van der Waals surface area contributed by atoms with Crippen molar-refractivity contribution in [3.63, 3.8) is 0 Å². The lowest BCUT2D eigenvalue weighted by Crippen LogP contribution is -2.37. The molecule has 9 heteroatoms. The molecule has 1 fully saturated rings. The number of sulfonamides is 1. The van der Waals surface area contributed by atoms with Gasteiger partial charge in [0, 0.05) is 38.5 Å². The number of benzene rings is 1. The Morgan fingerprint density at radius 2 is 1.84 bits per heavy atom. The van der Waals surface area contributed by atoms with Crippen molar-refractivity contribution in [2.45, 2.75) is 37.5 Å². The summed E-state index contributed by atoms with van der Waals surface area (Å²) < 4.78 is 32.4. The molecule has 0 aliphatic carbocycles. The number of piperidine rings is 1. The second kappa shape index (κ2) is 6.93. The van der Waals surface area contributed by atoms with E-state index in [0.29, 0.717) is 43.4 Å². The molecule has 0 unspecified atom stereocenters. The molecule has 1 aliphatic rings. The third kappa shape index (κ3) is 3.88. The molecule has 0 saturated carbocycles. The van der Waals surface area contributed by atoms with Crippen molar-refractivity contribution in [3.8, 4) is 0 Å². The third-order valence-corrected chi connectivity index (χ3v) is 6.07. The Balaban J connectivity index is 1.68. The quantitative estimate of drug-likeness (QED) is 0.888. The summed E-state index contributed by atoms with van der Waals surface area (Å²) in [5.41, 5.74) is 0.567. The predicted octanol–water partition coefficient (Wildman–Crippen LogP) is 1.90. The van der Waals surface area contributed by atoms with Crippen LogP contribution < -0.4 is 5.32 Å². The molecule has 134 valence electrons. The fourth-order valence-electron chi connectivity index (χ4n) is 2.88. The van der Waals surface area contributed by atoms with Gasteiger partial charge >= 0.3 is 0 Å². The summed E-state index contributed by atoms with van der Waals surface area (Å²) in [4.78, 5) is 11.3. The summed E-state index contributed by atoms with van der Waals surface area (Å²) in [5.74, 6) is 0.988. The maximum atomic E-state index is 12.8. The second-order valence-electron chi connectivity index (χ2n) is 6.04. The highest BCUT2D eigenvalue weighted by Gasteiger charge is 2.31. The van der Waals surface area contributed by atoms with E-state index >= 15 is 0 Å². The van der Waals surface area contributed by atoms with E-state index in [1.807, 2.05) is 0 Å². The maximum absolute atomic E-state index is 12.8. The van der Waals surface area contributed by atoms with Gasteiger partial charge in [-0.1, -0.05) is 0 Å². The lowest BCUT2D eigenvalue weighted by atomic mass is 9.98. The van der Waals surface area contributed by atoms with Gasteiger partial charge in [0.25, 0.3) is 0 Å². The van der Waals surface area contributed by atoms with Crippen molar-refractivity contribution in [1.29, 1.82) is 0 Å². The van der Waals surface area contributed by atoms with E-state index in [1.54, 1.807) is 19.1 Å². The first-order valence-electron chi connectivity index (χ1n) is 8.04. The Hall–Kier alpha value is -2.26. The van der Waals surface area contributed by atoms with E-state index < -0.39 is 10.0 Å². The van der Waals surface area contributed by atoms with Crippen LogP contribution in [0, 0.1) is 6.92 Å². The molecule has 8 nitrogen and oxygen atoms in total. The van der Waals surface area contributed by atoms with Crippen LogP contribution in [0.15, 0.2) is 33.6 Å². The number of amides is 1. The minimum Gasteiger partial charge on any atom is -0.425 e. The molecule has 3 rings (SSSR count). The number of anilines is 1. The van der Waals surface area contributed by atoms with Crippen LogP contribution in [-0.2, 0) is 14.8 Å². The molecule has 0 bridgehead atoms. The normalized spacial score (nSPS) is 16.7. The monoisotopic (exact) mass is 364 g/mol. The average Bonchev–Trinajstić information content (AvgIpc) is 3.01. The van der Waals surface area contributed by atoms with E-state index in [-0.39, 0.29) is 16.7 Å². The number of carbonyl (C=O) groups excluding carboxylic acids is 1. The number of hydrogen-bond acceptors (Lipinski definition) is 6. The van der Waals surface area contributed by atoms with Crippen molar-refractivity contribution in [2.75, 3.05) is 18.4 Å². The van der Waals surface area contributed by atoms with Crippen LogP contribution in [0.5, 0.6) is 0 Å². The standard InChI is InChI=1S/C16H20N4O4S/c1-11(21)17-14-3-5-15(6-4-14)25(22,23)20-9-7-13(8-10-20)16-19-18-12(2)24-16/h3-6,13H,7-10H2,1-2H3,(H,17,21). The van der Waals surface area contributed by atoms with Gasteiger partial charge in [0.05, 0.1) is 4.90 Å². The van der Waals surface area contributed by atoms with Gasteiger partial charge in [-0.05, 0) is 37.1 Å². The van der Waals surface area contributed by atoms with E-state index in [0.717, 1.165) is 0 Å². The Bertz CT molecular complexity index is 853. The maximum Gasteiger partial charge on any atom is 0.243 e.